The number of nitrogens with zero attached hydrogens (tertiary/aromatic N) is 1. The lowest BCUT2D eigenvalue weighted by molar-refractivity contribution is -0.123. The van der Waals surface area contributed by atoms with Crippen molar-refractivity contribution < 1.29 is 9.59 Å². The smallest absolute Gasteiger partial charge is 0.267 e. The summed E-state index contributed by atoms with van der Waals surface area (Å²) in [5, 5.41) is 6.97. The molecular weight excluding hydrogens is 410 g/mol. The van der Waals surface area contributed by atoms with Crippen molar-refractivity contribution in [3.8, 4) is 0 Å². The predicted molar refractivity (Wildman–Crippen MR) is 127 cm³/mol. The first-order valence-electron chi connectivity index (χ1n) is 13.6. The number of rotatable bonds is 4. The molecule has 0 saturated heterocycles. The van der Waals surface area contributed by atoms with Gasteiger partial charge in [0.15, 0.2) is 0 Å². The maximum atomic E-state index is 13.5. The minimum absolute atomic E-state index is 0.00306. The van der Waals surface area contributed by atoms with Crippen molar-refractivity contribution in [3.05, 3.63) is 11.8 Å². The monoisotopic (exact) mass is 449 g/mol. The molecule has 0 aromatic heterocycles. The van der Waals surface area contributed by atoms with E-state index < -0.39 is 5.41 Å². The summed E-state index contributed by atoms with van der Waals surface area (Å²) in [5.41, 5.74) is 0.475. The third-order valence-electron chi connectivity index (χ3n) is 10.9. The van der Waals surface area contributed by atoms with Crippen LogP contribution in [0.5, 0.6) is 0 Å². The Morgan fingerprint density at radius 3 is 1.45 bits per heavy atom. The number of carbonyl (C=O) groups excluding carboxylic acids is 2. The highest BCUT2D eigenvalue weighted by molar-refractivity contribution is 6.43. The molecule has 2 amide bonds. The molecule has 8 fully saturated rings. The van der Waals surface area contributed by atoms with Crippen LogP contribution in [-0.4, -0.2) is 28.6 Å². The van der Waals surface area contributed by atoms with Crippen LogP contribution in [0, 0.1) is 40.9 Å². The van der Waals surface area contributed by atoms with Gasteiger partial charge in [0.2, 0.25) is 5.91 Å². The van der Waals surface area contributed by atoms with Crippen molar-refractivity contribution in [2.45, 2.75) is 102 Å². The minimum Gasteiger partial charge on any atom is -0.347 e. The first kappa shape index (κ1) is 20.7. The van der Waals surface area contributed by atoms with Gasteiger partial charge in [0.1, 0.15) is 5.71 Å². The number of hydrogen-bond donors (Lipinski definition) is 2. The highest BCUT2D eigenvalue weighted by Crippen LogP contribution is 2.57. The Hall–Kier alpha value is -1.65. The molecule has 8 bridgehead atoms. The number of aliphatic imine (C=N–C) groups is 1. The van der Waals surface area contributed by atoms with Gasteiger partial charge >= 0.3 is 0 Å². The van der Waals surface area contributed by atoms with Crippen LogP contribution < -0.4 is 10.6 Å². The average molecular weight is 450 g/mol. The maximum Gasteiger partial charge on any atom is 0.267 e. The van der Waals surface area contributed by atoms with Crippen molar-refractivity contribution in [2.24, 2.45) is 45.9 Å². The van der Waals surface area contributed by atoms with E-state index in [4.69, 9.17) is 0 Å². The molecule has 8 aliphatic carbocycles. The normalized spacial score (nSPS) is 47.9. The molecular formula is C28H39N3O2. The van der Waals surface area contributed by atoms with Crippen molar-refractivity contribution in [1.82, 2.24) is 10.6 Å². The molecule has 0 atom stereocenters. The fourth-order valence-electron chi connectivity index (χ4n) is 10.4. The molecule has 5 heteroatoms. The standard InChI is InChI=1S/C28H39N3O2/c1-26(2)22(24(32)30-27-9-16-3-17(10-27)5-18(4-16)11-27)15-29-23(26)25(33)31-28-12-19-6-20(13-28)8-21(7-19)14-28/h15-21H,3-14H2,1-2H3,(H,30,32)(H,31,33). The zero-order valence-electron chi connectivity index (χ0n) is 20.3. The van der Waals surface area contributed by atoms with Gasteiger partial charge in [-0.15, -0.1) is 0 Å². The van der Waals surface area contributed by atoms with Crippen LogP contribution in [0.25, 0.3) is 0 Å². The largest absolute Gasteiger partial charge is 0.347 e. The van der Waals surface area contributed by atoms with E-state index in [1.54, 1.807) is 6.20 Å². The molecule has 33 heavy (non-hydrogen) atoms. The molecule has 9 aliphatic rings. The average Bonchev–Trinajstić information content (AvgIpc) is 3.00. The first-order chi connectivity index (χ1) is 15.7. The third-order valence-corrected chi connectivity index (χ3v) is 10.9. The molecule has 0 unspecified atom stereocenters. The summed E-state index contributed by atoms with van der Waals surface area (Å²) in [6, 6.07) is 0. The van der Waals surface area contributed by atoms with Gasteiger partial charge in [-0.3, -0.25) is 14.6 Å². The van der Waals surface area contributed by atoms with E-state index in [1.807, 2.05) is 13.8 Å². The van der Waals surface area contributed by atoms with E-state index >= 15 is 0 Å². The highest BCUT2D eigenvalue weighted by atomic mass is 16.2. The van der Waals surface area contributed by atoms with Crippen molar-refractivity contribution in [3.63, 3.8) is 0 Å². The maximum absolute atomic E-state index is 13.5. The molecule has 5 nitrogen and oxygen atoms in total. The molecule has 8 saturated carbocycles. The fourth-order valence-corrected chi connectivity index (χ4v) is 10.4. The lowest BCUT2D eigenvalue weighted by atomic mass is 9.53. The topological polar surface area (TPSA) is 70.6 Å². The summed E-state index contributed by atoms with van der Waals surface area (Å²) in [5.74, 6) is 4.69. The van der Waals surface area contributed by atoms with Crippen molar-refractivity contribution >= 4 is 17.5 Å². The van der Waals surface area contributed by atoms with Gasteiger partial charge in [-0.1, -0.05) is 0 Å². The Bertz CT molecular complexity index is 827. The lowest BCUT2D eigenvalue weighted by Crippen LogP contribution is -2.62. The van der Waals surface area contributed by atoms with Crippen molar-refractivity contribution in [2.75, 3.05) is 0 Å². The fraction of sp³-hybridized carbons (Fsp3) is 0.821. The Balaban J connectivity index is 1.05. The second kappa shape index (κ2) is 6.73. The van der Waals surface area contributed by atoms with Crippen LogP contribution in [-0.2, 0) is 9.59 Å². The van der Waals surface area contributed by atoms with Crippen LogP contribution in [0.2, 0.25) is 0 Å². The molecule has 0 radical (unpaired) electrons. The number of hydrogen-bond acceptors (Lipinski definition) is 3. The van der Waals surface area contributed by atoms with Crippen LogP contribution >= 0.6 is 0 Å². The van der Waals surface area contributed by atoms with Gasteiger partial charge in [0.05, 0.1) is 0 Å². The number of carbonyl (C=O) groups is 2. The van der Waals surface area contributed by atoms with Gasteiger partial charge in [0.25, 0.3) is 5.91 Å². The quantitative estimate of drug-likeness (QED) is 0.662. The summed E-state index contributed by atoms with van der Waals surface area (Å²) < 4.78 is 0. The van der Waals surface area contributed by atoms with E-state index in [9.17, 15) is 9.59 Å². The summed E-state index contributed by atoms with van der Waals surface area (Å²) >= 11 is 0. The Morgan fingerprint density at radius 2 is 1.06 bits per heavy atom. The van der Waals surface area contributed by atoms with Crippen molar-refractivity contribution in [1.29, 1.82) is 0 Å². The summed E-state index contributed by atoms with van der Waals surface area (Å²) in [7, 11) is 0. The Morgan fingerprint density at radius 1 is 0.697 bits per heavy atom. The van der Waals surface area contributed by atoms with E-state index in [0.29, 0.717) is 11.3 Å². The summed E-state index contributed by atoms with van der Waals surface area (Å²) in [6.07, 6.45) is 16.7. The van der Waals surface area contributed by atoms with Gasteiger partial charge in [-0.2, -0.15) is 0 Å². The Labute approximate surface area is 197 Å². The van der Waals surface area contributed by atoms with E-state index in [1.165, 1.54) is 38.5 Å². The molecule has 178 valence electrons. The molecule has 0 aromatic carbocycles. The zero-order chi connectivity index (χ0) is 22.6. The van der Waals surface area contributed by atoms with E-state index in [-0.39, 0.29) is 22.9 Å². The molecule has 0 spiro atoms. The van der Waals surface area contributed by atoms with E-state index in [2.05, 4.69) is 15.6 Å². The second-order valence-corrected chi connectivity index (χ2v) is 13.9. The second-order valence-electron chi connectivity index (χ2n) is 13.9. The SMILES string of the molecule is CC1(C)C(C(=O)NC23CC4CC(CC(C4)C2)C3)=CN=C1C(=O)NC12CC3CC(CC(C3)C1)C2. The first-order valence-corrected chi connectivity index (χ1v) is 13.6. The minimum atomic E-state index is -0.654. The molecule has 1 aliphatic heterocycles. The van der Waals surface area contributed by atoms with Gasteiger partial charge in [0, 0.05) is 28.3 Å². The zero-order valence-corrected chi connectivity index (χ0v) is 20.3. The van der Waals surface area contributed by atoms with Crippen LogP contribution in [0.1, 0.15) is 90.9 Å². The molecule has 0 aromatic rings. The van der Waals surface area contributed by atoms with Crippen LogP contribution in [0.4, 0.5) is 0 Å². The lowest BCUT2D eigenvalue weighted by Gasteiger charge is -2.57. The summed E-state index contributed by atoms with van der Waals surface area (Å²) in [6.45, 7) is 4.01. The van der Waals surface area contributed by atoms with Crippen LogP contribution in [0.15, 0.2) is 16.8 Å². The molecule has 1 heterocycles. The van der Waals surface area contributed by atoms with Crippen LogP contribution in [0.3, 0.4) is 0 Å². The predicted octanol–water partition coefficient (Wildman–Crippen LogP) is 4.52. The number of amides is 2. The Kier molecular flexibility index (Phi) is 4.22. The van der Waals surface area contributed by atoms with Gasteiger partial charge < -0.3 is 10.6 Å². The molecule has 2 N–H and O–H groups in total. The van der Waals surface area contributed by atoms with E-state index in [0.717, 1.165) is 74.0 Å². The summed E-state index contributed by atoms with van der Waals surface area (Å²) in [4.78, 5) is 31.6. The van der Waals surface area contributed by atoms with Gasteiger partial charge in [-0.25, -0.2) is 0 Å². The number of nitrogens with one attached hydrogen (secondary N) is 2. The highest BCUT2D eigenvalue weighted by Gasteiger charge is 2.54. The molecule has 9 rings (SSSR count). The third kappa shape index (κ3) is 3.20. The van der Waals surface area contributed by atoms with Gasteiger partial charge in [-0.05, 0) is 126 Å².